The van der Waals surface area contributed by atoms with Crippen molar-refractivity contribution in [1.82, 2.24) is 4.98 Å². The van der Waals surface area contributed by atoms with Gasteiger partial charge in [-0.15, -0.1) is 0 Å². The topological polar surface area (TPSA) is 24.9 Å². The molecule has 17 heavy (non-hydrogen) atoms. The highest BCUT2D eigenvalue weighted by Crippen LogP contribution is 2.24. The number of nitrogens with one attached hydrogen (secondary N) is 1. The highest BCUT2D eigenvalue weighted by Gasteiger charge is 2.01. The van der Waals surface area contributed by atoms with Gasteiger partial charge in [-0.3, -0.25) is 4.98 Å². The van der Waals surface area contributed by atoms with Gasteiger partial charge in [0.25, 0.3) is 0 Å². The summed E-state index contributed by atoms with van der Waals surface area (Å²) in [7, 11) is 0. The van der Waals surface area contributed by atoms with Crippen LogP contribution in [-0.2, 0) is 6.54 Å². The van der Waals surface area contributed by atoms with Crippen LogP contribution in [0.4, 0.5) is 10.1 Å². The molecule has 5 heteroatoms. The van der Waals surface area contributed by atoms with Gasteiger partial charge in [0, 0.05) is 16.3 Å². The van der Waals surface area contributed by atoms with Gasteiger partial charge in [0.05, 0.1) is 16.9 Å². The van der Waals surface area contributed by atoms with E-state index in [9.17, 15) is 4.39 Å². The zero-order valence-electron chi connectivity index (χ0n) is 8.75. The molecule has 1 aromatic carbocycles. The number of anilines is 1. The smallest absolute Gasteiger partial charge is 0.141 e. The monoisotopic (exact) mass is 362 g/mol. The first-order chi connectivity index (χ1) is 8.15. The Balaban J connectivity index is 2.07. The summed E-state index contributed by atoms with van der Waals surface area (Å²) < 4.78 is 14.0. The third-order valence-corrected chi connectivity index (χ3v) is 3.16. The Kier molecular flexibility index (Phi) is 4.17. The fraction of sp³-hybridized carbons (Fsp3) is 0.0833. The van der Waals surface area contributed by atoms with Crippen LogP contribution in [0.15, 0.2) is 36.7 Å². The van der Waals surface area contributed by atoms with Crippen LogP contribution in [0.3, 0.4) is 0 Å². The van der Waals surface area contributed by atoms with Crippen molar-refractivity contribution in [3.63, 3.8) is 0 Å². The van der Waals surface area contributed by atoms with Crippen LogP contribution in [0, 0.1) is 9.39 Å². The van der Waals surface area contributed by atoms with Gasteiger partial charge in [0.2, 0.25) is 0 Å². The van der Waals surface area contributed by atoms with Crippen molar-refractivity contribution in [3.8, 4) is 0 Å². The van der Waals surface area contributed by atoms with E-state index in [0.29, 0.717) is 11.6 Å². The summed E-state index contributed by atoms with van der Waals surface area (Å²) >= 11 is 8.26. The first kappa shape index (κ1) is 12.6. The lowest BCUT2D eigenvalue weighted by atomic mass is 10.2. The normalized spacial score (nSPS) is 10.3. The molecule has 0 fully saturated rings. The number of hydrogen-bond acceptors (Lipinski definition) is 2. The summed E-state index contributed by atoms with van der Waals surface area (Å²) in [5, 5.41) is 3.80. The van der Waals surface area contributed by atoms with E-state index in [0.717, 1.165) is 14.8 Å². The zero-order valence-corrected chi connectivity index (χ0v) is 11.7. The van der Waals surface area contributed by atoms with Gasteiger partial charge >= 0.3 is 0 Å². The zero-order chi connectivity index (χ0) is 12.3. The fourth-order valence-electron chi connectivity index (χ4n) is 1.38. The summed E-state index contributed by atoms with van der Waals surface area (Å²) in [5.74, 6) is -0.335. The van der Waals surface area contributed by atoms with E-state index < -0.39 is 0 Å². The van der Waals surface area contributed by atoms with Crippen LogP contribution < -0.4 is 5.32 Å². The maximum absolute atomic E-state index is 12.9. The first-order valence-electron chi connectivity index (χ1n) is 4.93. The molecular weight excluding hydrogens is 354 g/mol. The van der Waals surface area contributed by atoms with Crippen molar-refractivity contribution in [2.75, 3.05) is 5.32 Å². The lowest BCUT2D eigenvalue weighted by Crippen LogP contribution is -2.01. The molecule has 0 unspecified atom stereocenters. The van der Waals surface area contributed by atoms with Crippen LogP contribution in [0.25, 0.3) is 0 Å². The second kappa shape index (κ2) is 5.64. The van der Waals surface area contributed by atoms with Gasteiger partial charge in [-0.2, -0.15) is 0 Å². The Morgan fingerprint density at radius 2 is 2.12 bits per heavy atom. The van der Waals surface area contributed by atoms with Crippen molar-refractivity contribution in [2.24, 2.45) is 0 Å². The Labute approximate surface area is 117 Å². The molecule has 1 aromatic heterocycles. The Bertz CT molecular complexity index is 534. The quantitative estimate of drug-likeness (QED) is 0.832. The Morgan fingerprint density at radius 1 is 1.29 bits per heavy atom. The predicted octanol–water partition coefficient (Wildman–Crippen LogP) is 4.09. The van der Waals surface area contributed by atoms with Crippen molar-refractivity contribution < 1.29 is 4.39 Å². The molecule has 0 aliphatic carbocycles. The van der Waals surface area contributed by atoms with Gasteiger partial charge in [-0.25, -0.2) is 4.39 Å². The number of aromatic nitrogens is 1. The van der Waals surface area contributed by atoms with E-state index in [1.807, 2.05) is 18.2 Å². The number of nitrogens with zero attached hydrogens (tertiary/aromatic N) is 1. The number of halogens is 3. The molecule has 0 amide bonds. The minimum absolute atomic E-state index is 0.335. The van der Waals surface area contributed by atoms with E-state index in [1.165, 1.54) is 12.3 Å². The molecule has 0 saturated carbocycles. The highest BCUT2D eigenvalue weighted by molar-refractivity contribution is 14.1. The molecule has 0 aliphatic rings. The van der Waals surface area contributed by atoms with Crippen LogP contribution in [0.1, 0.15) is 5.56 Å². The average Bonchev–Trinajstić information content (AvgIpc) is 2.28. The van der Waals surface area contributed by atoms with E-state index in [-0.39, 0.29) is 5.82 Å². The standard InChI is InChI=1S/C12H9ClFIN2/c13-11-4-10(15)1-2-12(11)17-6-8-3-9(14)7-16-5-8/h1-5,7,17H,6H2. The average molecular weight is 363 g/mol. The van der Waals surface area contributed by atoms with E-state index in [4.69, 9.17) is 11.6 Å². The maximum atomic E-state index is 12.9. The van der Waals surface area contributed by atoms with Gasteiger partial charge in [0.1, 0.15) is 5.82 Å². The van der Waals surface area contributed by atoms with Crippen molar-refractivity contribution in [2.45, 2.75) is 6.54 Å². The molecule has 0 radical (unpaired) electrons. The van der Waals surface area contributed by atoms with Crippen LogP contribution in [0.5, 0.6) is 0 Å². The Morgan fingerprint density at radius 3 is 2.82 bits per heavy atom. The molecule has 0 spiro atoms. The molecule has 2 rings (SSSR count). The van der Waals surface area contributed by atoms with Crippen LogP contribution >= 0.6 is 34.2 Å². The van der Waals surface area contributed by atoms with Crippen LogP contribution in [-0.4, -0.2) is 4.98 Å². The number of benzene rings is 1. The summed E-state index contributed by atoms with van der Waals surface area (Å²) in [5.41, 5.74) is 1.61. The minimum atomic E-state index is -0.335. The second-order valence-corrected chi connectivity index (χ2v) is 5.14. The van der Waals surface area contributed by atoms with Gasteiger partial charge < -0.3 is 5.32 Å². The number of pyridine rings is 1. The fourth-order valence-corrected chi connectivity index (χ4v) is 2.31. The molecule has 0 saturated heterocycles. The molecule has 88 valence electrons. The number of hydrogen-bond donors (Lipinski definition) is 1. The maximum Gasteiger partial charge on any atom is 0.141 e. The predicted molar refractivity (Wildman–Crippen MR) is 75.7 cm³/mol. The van der Waals surface area contributed by atoms with Crippen molar-refractivity contribution >= 4 is 39.9 Å². The molecule has 1 N–H and O–H groups in total. The summed E-state index contributed by atoms with van der Waals surface area (Å²) in [6.07, 6.45) is 2.80. The SMILES string of the molecule is Fc1cncc(CNc2ccc(I)cc2Cl)c1. The van der Waals surface area contributed by atoms with Crippen molar-refractivity contribution in [1.29, 1.82) is 0 Å². The first-order valence-corrected chi connectivity index (χ1v) is 6.39. The van der Waals surface area contributed by atoms with Gasteiger partial charge in [-0.1, -0.05) is 11.6 Å². The largest absolute Gasteiger partial charge is 0.380 e. The van der Waals surface area contributed by atoms with Crippen molar-refractivity contribution in [3.05, 3.63) is 56.6 Å². The molecule has 0 bridgehead atoms. The summed E-state index contributed by atoms with van der Waals surface area (Å²) in [6, 6.07) is 7.17. The van der Waals surface area contributed by atoms with E-state index >= 15 is 0 Å². The second-order valence-electron chi connectivity index (χ2n) is 3.49. The number of rotatable bonds is 3. The molecular formula is C12H9ClFIN2. The minimum Gasteiger partial charge on any atom is -0.380 e. The summed E-state index contributed by atoms with van der Waals surface area (Å²) in [4.78, 5) is 3.78. The third kappa shape index (κ3) is 3.54. The van der Waals surface area contributed by atoms with E-state index in [2.05, 4.69) is 32.9 Å². The molecule has 0 aliphatic heterocycles. The molecule has 2 aromatic rings. The highest BCUT2D eigenvalue weighted by atomic mass is 127. The van der Waals surface area contributed by atoms with Crippen LogP contribution in [0.2, 0.25) is 5.02 Å². The summed E-state index contributed by atoms with van der Waals surface area (Å²) in [6.45, 7) is 0.491. The van der Waals surface area contributed by atoms with Gasteiger partial charge in [0.15, 0.2) is 0 Å². The molecule has 2 nitrogen and oxygen atoms in total. The lowest BCUT2D eigenvalue weighted by Gasteiger charge is -2.08. The Hall–Kier alpha value is -0.880. The van der Waals surface area contributed by atoms with E-state index in [1.54, 1.807) is 6.20 Å². The van der Waals surface area contributed by atoms with Gasteiger partial charge in [-0.05, 0) is 52.4 Å². The molecule has 0 atom stereocenters. The molecule has 1 heterocycles. The lowest BCUT2D eigenvalue weighted by molar-refractivity contribution is 0.619. The third-order valence-electron chi connectivity index (χ3n) is 2.18.